The van der Waals surface area contributed by atoms with Crippen molar-refractivity contribution in [3.8, 4) is 0 Å². The van der Waals surface area contributed by atoms with Crippen molar-refractivity contribution >= 4 is 16.9 Å². The summed E-state index contributed by atoms with van der Waals surface area (Å²) >= 11 is 0. The SMILES string of the molecule is CC(C)(C)c1ccc(CCC(=O)NCCn2c(=O)c(=O)[nH]c3ccccc32)cc1. The van der Waals surface area contributed by atoms with Crippen LogP contribution in [0.3, 0.4) is 0 Å². The number of hydrogen-bond donors (Lipinski definition) is 2. The van der Waals surface area contributed by atoms with E-state index in [2.05, 4.69) is 55.3 Å². The molecule has 29 heavy (non-hydrogen) atoms. The molecular formula is C23H27N3O3. The molecule has 0 aliphatic carbocycles. The molecule has 0 atom stereocenters. The number of fused-ring (bicyclic) bond motifs is 1. The first-order valence-corrected chi connectivity index (χ1v) is 9.84. The number of nitrogens with one attached hydrogen (secondary N) is 2. The third kappa shape index (κ3) is 5.02. The van der Waals surface area contributed by atoms with Crippen molar-refractivity contribution in [3.63, 3.8) is 0 Å². The molecule has 0 bridgehead atoms. The van der Waals surface area contributed by atoms with Crippen LogP contribution in [0.25, 0.3) is 11.0 Å². The predicted octanol–water partition coefficient (Wildman–Crippen LogP) is 2.74. The monoisotopic (exact) mass is 393 g/mol. The Labute approximate surface area is 169 Å². The molecule has 1 amide bonds. The van der Waals surface area contributed by atoms with Crippen LogP contribution in [0.2, 0.25) is 0 Å². The molecule has 0 fully saturated rings. The van der Waals surface area contributed by atoms with E-state index in [0.29, 0.717) is 23.9 Å². The van der Waals surface area contributed by atoms with Gasteiger partial charge in [-0.3, -0.25) is 14.4 Å². The summed E-state index contributed by atoms with van der Waals surface area (Å²) in [5, 5.41) is 2.84. The van der Waals surface area contributed by atoms with Crippen LogP contribution in [0.4, 0.5) is 0 Å². The number of aromatic amines is 1. The number of H-pyrrole nitrogens is 1. The van der Waals surface area contributed by atoms with Gasteiger partial charge in [0.2, 0.25) is 5.91 Å². The van der Waals surface area contributed by atoms with Crippen LogP contribution in [0, 0.1) is 0 Å². The van der Waals surface area contributed by atoms with Crippen LogP contribution in [0.5, 0.6) is 0 Å². The zero-order valence-corrected chi connectivity index (χ0v) is 17.1. The highest BCUT2D eigenvalue weighted by Gasteiger charge is 2.13. The summed E-state index contributed by atoms with van der Waals surface area (Å²) in [6, 6.07) is 15.5. The molecule has 0 saturated carbocycles. The van der Waals surface area contributed by atoms with E-state index >= 15 is 0 Å². The van der Waals surface area contributed by atoms with Crippen molar-refractivity contribution in [1.82, 2.24) is 14.9 Å². The lowest BCUT2D eigenvalue weighted by Gasteiger charge is -2.19. The number of amides is 1. The lowest BCUT2D eigenvalue weighted by molar-refractivity contribution is -0.121. The number of hydrogen-bond acceptors (Lipinski definition) is 3. The van der Waals surface area contributed by atoms with Crippen molar-refractivity contribution in [2.24, 2.45) is 0 Å². The van der Waals surface area contributed by atoms with E-state index in [-0.39, 0.29) is 24.4 Å². The maximum absolute atomic E-state index is 12.2. The maximum atomic E-state index is 12.2. The first kappa shape index (κ1) is 20.6. The number of benzene rings is 2. The summed E-state index contributed by atoms with van der Waals surface area (Å²) in [6.07, 6.45) is 1.03. The predicted molar refractivity (Wildman–Crippen MR) is 115 cm³/mol. The molecule has 6 heteroatoms. The molecule has 6 nitrogen and oxygen atoms in total. The summed E-state index contributed by atoms with van der Waals surface area (Å²) in [5.74, 6) is -0.0768. The lowest BCUT2D eigenvalue weighted by atomic mass is 9.86. The van der Waals surface area contributed by atoms with Gasteiger partial charge in [0.25, 0.3) is 0 Å². The van der Waals surface area contributed by atoms with E-state index in [0.717, 1.165) is 5.56 Å². The number of aryl methyl sites for hydroxylation is 1. The van der Waals surface area contributed by atoms with Crippen molar-refractivity contribution in [2.45, 2.75) is 45.6 Å². The number of rotatable bonds is 6. The molecule has 0 unspecified atom stereocenters. The number of carbonyl (C=O) groups is 1. The third-order valence-electron chi connectivity index (χ3n) is 5.00. The number of carbonyl (C=O) groups excluding carboxylic acids is 1. The van der Waals surface area contributed by atoms with Crippen LogP contribution in [0.1, 0.15) is 38.3 Å². The zero-order chi connectivity index (χ0) is 21.0. The second kappa shape index (κ2) is 8.47. The van der Waals surface area contributed by atoms with Crippen LogP contribution >= 0.6 is 0 Å². The molecule has 0 aliphatic rings. The minimum absolute atomic E-state index is 0.0768. The van der Waals surface area contributed by atoms with E-state index in [9.17, 15) is 14.4 Å². The Morgan fingerprint density at radius 2 is 1.72 bits per heavy atom. The van der Waals surface area contributed by atoms with Gasteiger partial charge in [-0.2, -0.15) is 0 Å². The highest BCUT2D eigenvalue weighted by Crippen LogP contribution is 2.22. The summed E-state index contributed by atoms with van der Waals surface area (Å²) in [4.78, 5) is 38.7. The van der Waals surface area contributed by atoms with E-state index in [1.165, 1.54) is 10.1 Å². The second-order valence-corrected chi connectivity index (χ2v) is 8.22. The molecule has 2 aromatic carbocycles. The first-order chi connectivity index (χ1) is 13.8. The van der Waals surface area contributed by atoms with Crippen LogP contribution in [-0.4, -0.2) is 22.0 Å². The van der Waals surface area contributed by atoms with Crippen LogP contribution in [-0.2, 0) is 23.2 Å². The van der Waals surface area contributed by atoms with Gasteiger partial charge in [-0.15, -0.1) is 0 Å². The van der Waals surface area contributed by atoms with Gasteiger partial charge in [0.1, 0.15) is 0 Å². The van der Waals surface area contributed by atoms with Crippen LogP contribution in [0.15, 0.2) is 58.1 Å². The topological polar surface area (TPSA) is 84.0 Å². The minimum Gasteiger partial charge on any atom is -0.354 e. The summed E-state index contributed by atoms with van der Waals surface area (Å²) < 4.78 is 1.40. The highest BCUT2D eigenvalue weighted by atomic mass is 16.2. The average Bonchev–Trinajstić information content (AvgIpc) is 2.69. The normalized spacial score (nSPS) is 11.6. The van der Waals surface area contributed by atoms with Gasteiger partial charge in [-0.1, -0.05) is 57.2 Å². The third-order valence-corrected chi connectivity index (χ3v) is 5.00. The van der Waals surface area contributed by atoms with Crippen molar-refractivity contribution in [1.29, 1.82) is 0 Å². The molecule has 0 spiro atoms. The maximum Gasteiger partial charge on any atom is 0.316 e. The fourth-order valence-electron chi connectivity index (χ4n) is 3.27. The molecule has 152 valence electrons. The minimum atomic E-state index is -0.659. The smallest absolute Gasteiger partial charge is 0.316 e. The quantitative estimate of drug-likeness (QED) is 0.632. The average molecular weight is 393 g/mol. The number of para-hydroxylation sites is 2. The van der Waals surface area contributed by atoms with E-state index in [4.69, 9.17) is 0 Å². The molecule has 3 aromatic rings. The fraction of sp³-hybridized carbons (Fsp3) is 0.348. The Morgan fingerprint density at radius 3 is 2.41 bits per heavy atom. The molecule has 0 saturated heterocycles. The van der Waals surface area contributed by atoms with Crippen molar-refractivity contribution < 1.29 is 4.79 Å². The Morgan fingerprint density at radius 1 is 1.03 bits per heavy atom. The highest BCUT2D eigenvalue weighted by molar-refractivity contribution is 5.76. The van der Waals surface area contributed by atoms with Crippen LogP contribution < -0.4 is 16.4 Å². The molecular weight excluding hydrogens is 366 g/mol. The van der Waals surface area contributed by atoms with Gasteiger partial charge < -0.3 is 14.9 Å². The molecule has 0 aliphatic heterocycles. The molecule has 1 aromatic heterocycles. The standard InChI is InChI=1S/C23H27N3O3/c1-23(2,3)17-11-8-16(9-12-17)10-13-20(27)24-14-15-26-19-7-5-4-6-18(19)25-21(28)22(26)29/h4-9,11-12H,10,13-15H2,1-3H3,(H,24,27)(H,25,28). The molecule has 3 rings (SSSR count). The van der Waals surface area contributed by atoms with E-state index < -0.39 is 11.1 Å². The van der Waals surface area contributed by atoms with Gasteiger partial charge in [0.05, 0.1) is 11.0 Å². The first-order valence-electron chi connectivity index (χ1n) is 9.84. The van der Waals surface area contributed by atoms with Gasteiger partial charge in [0.15, 0.2) is 0 Å². The van der Waals surface area contributed by atoms with Crippen molar-refractivity contribution in [3.05, 3.63) is 80.4 Å². The zero-order valence-electron chi connectivity index (χ0n) is 17.1. The molecule has 1 heterocycles. The van der Waals surface area contributed by atoms with Gasteiger partial charge in [-0.25, -0.2) is 0 Å². The summed E-state index contributed by atoms with van der Waals surface area (Å²) in [6.45, 7) is 7.05. The Hall–Kier alpha value is -3.15. The number of nitrogens with zero attached hydrogens (tertiary/aromatic N) is 1. The largest absolute Gasteiger partial charge is 0.354 e. The van der Waals surface area contributed by atoms with E-state index in [1.807, 2.05) is 0 Å². The van der Waals surface area contributed by atoms with E-state index in [1.54, 1.807) is 24.3 Å². The van der Waals surface area contributed by atoms with Crippen molar-refractivity contribution in [2.75, 3.05) is 6.54 Å². The Balaban J connectivity index is 1.56. The summed E-state index contributed by atoms with van der Waals surface area (Å²) in [7, 11) is 0. The van der Waals surface area contributed by atoms with Gasteiger partial charge in [-0.05, 0) is 35.1 Å². The fourth-order valence-corrected chi connectivity index (χ4v) is 3.27. The molecule has 2 N–H and O–H groups in total. The van der Waals surface area contributed by atoms with Gasteiger partial charge >= 0.3 is 11.1 Å². The Bertz CT molecular complexity index is 1120. The second-order valence-electron chi connectivity index (χ2n) is 8.22. The number of aromatic nitrogens is 2. The summed E-state index contributed by atoms with van der Waals surface area (Å²) in [5.41, 5.74) is 2.46. The molecule has 0 radical (unpaired) electrons. The van der Waals surface area contributed by atoms with Gasteiger partial charge in [0, 0.05) is 19.5 Å². The lowest BCUT2D eigenvalue weighted by Crippen LogP contribution is -2.39. The Kier molecular flexibility index (Phi) is 6.01.